The molecule has 24 heavy (non-hydrogen) atoms. The first-order valence-corrected chi connectivity index (χ1v) is 16.8. The summed E-state index contributed by atoms with van der Waals surface area (Å²) in [7, 11) is 0. The van der Waals surface area contributed by atoms with Gasteiger partial charge < -0.3 is 0 Å². The first kappa shape index (κ1) is 17.7. The van der Waals surface area contributed by atoms with Crippen molar-refractivity contribution < 1.29 is 0 Å². The molecule has 0 unspecified atom stereocenters. The van der Waals surface area contributed by atoms with E-state index in [2.05, 4.69) is 61.6 Å². The van der Waals surface area contributed by atoms with E-state index in [4.69, 9.17) is 4.98 Å². The number of rotatable bonds is 4. The second kappa shape index (κ2) is 7.03. The molecule has 1 heterocycles. The summed E-state index contributed by atoms with van der Waals surface area (Å²) in [4.78, 5) is 4.94. The van der Waals surface area contributed by atoms with Crippen molar-refractivity contribution >= 4 is 17.7 Å². The quantitative estimate of drug-likeness (QED) is 0.648. The third-order valence-electron chi connectivity index (χ3n) is 5.10. The third-order valence-corrected chi connectivity index (χ3v) is 9.43. The summed E-state index contributed by atoms with van der Waals surface area (Å²) >= 11 is -1.89. The minimum atomic E-state index is -1.89. The zero-order valence-corrected chi connectivity index (χ0v) is 18.0. The molecular weight excluding hydrogens is 351 g/mol. The molecule has 2 heteroatoms. The van der Waals surface area contributed by atoms with Gasteiger partial charge in [-0.25, -0.2) is 0 Å². The maximum atomic E-state index is 4.94. The van der Waals surface area contributed by atoms with Crippen LogP contribution in [0.4, 0.5) is 0 Å². The van der Waals surface area contributed by atoms with Gasteiger partial charge in [-0.05, 0) is 0 Å². The maximum absolute atomic E-state index is 4.94. The molecule has 1 aromatic carbocycles. The molecule has 0 saturated carbocycles. The number of nitrogens with zero attached hydrogens (tertiary/aromatic N) is 1. The molecule has 3 rings (SSSR count). The summed E-state index contributed by atoms with van der Waals surface area (Å²) < 4.78 is 1.58. The average Bonchev–Trinajstić information content (AvgIpc) is 2.52. The Hall–Kier alpha value is -1.09. The SMILES string of the molecule is CC(C)Cc1cc(-c2cccc3c2CCCC3)nc[c]1[Ge]([CH3])([CH3])[CH3]. The number of aryl methyl sites for hydroxylation is 1. The minimum absolute atomic E-state index is 0.688. The molecule has 1 aromatic heterocycles. The molecule has 0 fully saturated rings. The number of pyridine rings is 1. The monoisotopic (exact) mass is 383 g/mol. The van der Waals surface area contributed by atoms with E-state index in [1.54, 1.807) is 21.1 Å². The van der Waals surface area contributed by atoms with Crippen LogP contribution in [-0.4, -0.2) is 18.3 Å². The van der Waals surface area contributed by atoms with Gasteiger partial charge in [0.15, 0.2) is 0 Å². The molecule has 128 valence electrons. The van der Waals surface area contributed by atoms with Crippen molar-refractivity contribution in [1.29, 1.82) is 0 Å². The van der Waals surface area contributed by atoms with Gasteiger partial charge in [0, 0.05) is 0 Å². The summed E-state index contributed by atoms with van der Waals surface area (Å²) in [5, 5.41) is 0. The van der Waals surface area contributed by atoms with Gasteiger partial charge in [-0.15, -0.1) is 0 Å². The average molecular weight is 382 g/mol. The number of aromatic nitrogens is 1. The Morgan fingerprint density at radius 2 is 1.83 bits per heavy atom. The number of fused-ring (bicyclic) bond motifs is 1. The summed E-state index contributed by atoms with van der Waals surface area (Å²) in [6, 6.07) is 9.23. The molecule has 0 N–H and O–H groups in total. The predicted molar refractivity (Wildman–Crippen MR) is 108 cm³/mol. The van der Waals surface area contributed by atoms with Crippen molar-refractivity contribution in [2.24, 2.45) is 5.92 Å². The second-order valence-electron chi connectivity index (χ2n) is 8.73. The molecule has 1 aliphatic rings. The number of hydrogen-bond donors (Lipinski definition) is 0. The van der Waals surface area contributed by atoms with Crippen LogP contribution in [0.2, 0.25) is 17.3 Å². The van der Waals surface area contributed by atoms with Crippen LogP contribution in [0.15, 0.2) is 30.5 Å². The summed E-state index contributed by atoms with van der Waals surface area (Å²) in [6.45, 7) is 4.65. The van der Waals surface area contributed by atoms with Crippen LogP contribution in [0.25, 0.3) is 11.3 Å². The zero-order valence-electron chi connectivity index (χ0n) is 15.9. The first-order valence-electron chi connectivity index (χ1n) is 9.47. The summed E-state index contributed by atoms with van der Waals surface area (Å²) in [6.07, 6.45) is 8.48. The van der Waals surface area contributed by atoms with Crippen molar-refractivity contribution in [3.63, 3.8) is 0 Å². The van der Waals surface area contributed by atoms with Crippen LogP contribution in [0.1, 0.15) is 43.4 Å². The van der Waals surface area contributed by atoms with E-state index in [0.717, 1.165) is 0 Å². The Morgan fingerprint density at radius 1 is 1.08 bits per heavy atom. The Balaban J connectivity index is 2.10. The Labute approximate surface area is 150 Å². The van der Waals surface area contributed by atoms with Crippen LogP contribution < -0.4 is 4.40 Å². The summed E-state index contributed by atoms with van der Waals surface area (Å²) in [5.41, 5.74) is 7.22. The van der Waals surface area contributed by atoms with Crippen LogP contribution in [0, 0.1) is 5.92 Å². The first-order chi connectivity index (χ1) is 11.4. The van der Waals surface area contributed by atoms with Crippen molar-refractivity contribution in [2.45, 2.75) is 63.2 Å². The normalized spacial score (nSPS) is 14.8. The van der Waals surface area contributed by atoms with Gasteiger partial charge in [0.2, 0.25) is 0 Å². The van der Waals surface area contributed by atoms with Crippen LogP contribution in [0.3, 0.4) is 0 Å². The van der Waals surface area contributed by atoms with Gasteiger partial charge in [-0.2, -0.15) is 0 Å². The molecular formula is C22H31GeN. The molecule has 2 aromatic rings. The second-order valence-corrected chi connectivity index (χ2v) is 19.3. The van der Waals surface area contributed by atoms with Crippen LogP contribution in [-0.2, 0) is 19.3 Å². The summed E-state index contributed by atoms with van der Waals surface area (Å²) in [5.74, 6) is 8.12. The van der Waals surface area contributed by atoms with E-state index in [-0.39, 0.29) is 0 Å². The van der Waals surface area contributed by atoms with Gasteiger partial charge in [0.1, 0.15) is 0 Å². The van der Waals surface area contributed by atoms with E-state index in [1.165, 1.54) is 43.4 Å². The van der Waals surface area contributed by atoms with E-state index in [9.17, 15) is 0 Å². The van der Waals surface area contributed by atoms with Gasteiger partial charge in [-0.3, -0.25) is 0 Å². The molecule has 0 radical (unpaired) electrons. The number of hydrogen-bond acceptors (Lipinski definition) is 1. The van der Waals surface area contributed by atoms with E-state index in [0.29, 0.717) is 5.92 Å². The van der Waals surface area contributed by atoms with Crippen molar-refractivity contribution in [2.75, 3.05) is 0 Å². The molecule has 0 atom stereocenters. The van der Waals surface area contributed by atoms with Crippen molar-refractivity contribution in [3.8, 4) is 11.3 Å². The number of benzene rings is 1. The molecule has 1 aliphatic carbocycles. The van der Waals surface area contributed by atoms with Gasteiger partial charge in [0.25, 0.3) is 0 Å². The van der Waals surface area contributed by atoms with E-state index < -0.39 is 13.3 Å². The fourth-order valence-electron chi connectivity index (χ4n) is 3.95. The predicted octanol–water partition coefficient (Wildman–Crippen LogP) is 5.37. The molecule has 0 saturated heterocycles. The molecule has 0 bridgehead atoms. The fraction of sp³-hybridized carbons (Fsp3) is 0.500. The van der Waals surface area contributed by atoms with E-state index in [1.807, 2.05) is 0 Å². The van der Waals surface area contributed by atoms with Crippen molar-refractivity contribution in [3.05, 3.63) is 47.2 Å². The third kappa shape index (κ3) is 3.77. The van der Waals surface area contributed by atoms with E-state index >= 15 is 0 Å². The zero-order chi connectivity index (χ0) is 17.3. The topological polar surface area (TPSA) is 12.9 Å². The van der Waals surface area contributed by atoms with Gasteiger partial charge >= 0.3 is 150 Å². The molecule has 0 aliphatic heterocycles. The fourth-order valence-corrected chi connectivity index (χ4v) is 7.28. The van der Waals surface area contributed by atoms with Crippen molar-refractivity contribution in [1.82, 2.24) is 4.98 Å². The van der Waals surface area contributed by atoms with Gasteiger partial charge in [-0.1, -0.05) is 0 Å². The molecule has 1 nitrogen and oxygen atoms in total. The van der Waals surface area contributed by atoms with Crippen LogP contribution in [0.5, 0.6) is 0 Å². The molecule has 0 spiro atoms. The standard InChI is InChI=1S/C22H31GeN/c1-16(2)13-18-14-22(24-15-21(18)23(3,4)5)20-12-8-10-17-9-6-7-11-19(17)20/h8,10,12,14-16H,6-7,9,11,13H2,1-5H3. The van der Waals surface area contributed by atoms with Crippen LogP contribution >= 0.6 is 0 Å². The Morgan fingerprint density at radius 3 is 2.54 bits per heavy atom. The Bertz CT molecular complexity index is 725. The Kier molecular flexibility index (Phi) is 5.20. The molecule has 0 amide bonds. The van der Waals surface area contributed by atoms with Gasteiger partial charge in [0.05, 0.1) is 0 Å².